The van der Waals surface area contributed by atoms with Crippen molar-refractivity contribution in [1.29, 1.82) is 0 Å². The van der Waals surface area contributed by atoms with Crippen LogP contribution in [0.5, 0.6) is 5.88 Å². The molecule has 5 heterocycles. The third-order valence-corrected chi connectivity index (χ3v) is 6.46. The van der Waals surface area contributed by atoms with Gasteiger partial charge in [0.05, 0.1) is 54.4 Å². The minimum Gasteiger partial charge on any atom is -0.470 e. The van der Waals surface area contributed by atoms with E-state index in [-0.39, 0.29) is 30.7 Å². The summed E-state index contributed by atoms with van der Waals surface area (Å²) < 4.78 is 67.1. The fourth-order valence-corrected chi connectivity index (χ4v) is 4.75. The van der Waals surface area contributed by atoms with E-state index in [4.69, 9.17) is 18.9 Å². The lowest BCUT2D eigenvalue weighted by atomic mass is 10.1. The smallest absolute Gasteiger partial charge is 0.193 e. The third kappa shape index (κ3) is 3.59. The molecule has 180 valence electrons. The molecule has 1 aromatic carbocycles. The molecule has 0 bridgehead atoms. The first-order valence-corrected chi connectivity index (χ1v) is 11.1. The van der Waals surface area contributed by atoms with Gasteiger partial charge in [-0.3, -0.25) is 0 Å². The number of aliphatic hydroxyl groups is 1. The van der Waals surface area contributed by atoms with Gasteiger partial charge in [0, 0.05) is 25.2 Å². The van der Waals surface area contributed by atoms with Crippen molar-refractivity contribution in [2.45, 2.75) is 24.4 Å². The monoisotopic (exact) mass is 477 g/mol. The number of halogens is 3. The number of aromatic nitrogens is 2. The summed E-state index contributed by atoms with van der Waals surface area (Å²) >= 11 is 0. The number of rotatable bonds is 4. The fourth-order valence-electron chi connectivity index (χ4n) is 4.75. The number of morpholine rings is 1. The number of hydrogen-bond acceptors (Lipinski definition) is 7. The zero-order valence-electron chi connectivity index (χ0n) is 18.0. The number of aromatic amines is 1. The van der Waals surface area contributed by atoms with Crippen LogP contribution in [0.3, 0.4) is 0 Å². The molecule has 3 saturated heterocycles. The summed E-state index contributed by atoms with van der Waals surface area (Å²) in [7, 11) is 0. The van der Waals surface area contributed by atoms with Gasteiger partial charge in [-0.05, 0) is 12.1 Å². The molecule has 11 heteroatoms. The van der Waals surface area contributed by atoms with E-state index in [1.165, 1.54) is 6.07 Å². The first-order valence-electron chi connectivity index (χ1n) is 11.1. The molecule has 0 radical (unpaired) electrons. The first-order chi connectivity index (χ1) is 16.5. The number of ether oxygens (including phenoxy) is 4. The van der Waals surface area contributed by atoms with Crippen molar-refractivity contribution >= 4 is 16.7 Å². The van der Waals surface area contributed by atoms with E-state index in [0.29, 0.717) is 43.2 Å². The van der Waals surface area contributed by atoms with Crippen LogP contribution in [0, 0.1) is 17.5 Å². The third-order valence-electron chi connectivity index (χ3n) is 6.46. The van der Waals surface area contributed by atoms with Gasteiger partial charge in [-0.2, -0.15) is 0 Å². The largest absolute Gasteiger partial charge is 0.470 e. The first kappa shape index (κ1) is 21.7. The molecular weight excluding hydrogens is 455 g/mol. The summed E-state index contributed by atoms with van der Waals surface area (Å²) in [6, 6.07) is 5.61. The molecule has 3 aliphatic rings. The lowest BCUT2D eigenvalue weighted by molar-refractivity contribution is 0.00794. The summed E-state index contributed by atoms with van der Waals surface area (Å²) in [5.74, 6) is -2.93. The van der Waals surface area contributed by atoms with Gasteiger partial charge in [0.25, 0.3) is 0 Å². The van der Waals surface area contributed by atoms with Crippen LogP contribution in [0.15, 0.2) is 24.3 Å². The van der Waals surface area contributed by atoms with Crippen molar-refractivity contribution < 1.29 is 37.2 Å². The second-order valence-electron chi connectivity index (χ2n) is 8.56. The number of fused-ring (bicyclic) bond motifs is 2. The Kier molecular flexibility index (Phi) is 5.36. The lowest BCUT2D eigenvalue weighted by Gasteiger charge is -2.29. The number of nitrogens with one attached hydrogen (secondary N) is 1. The molecule has 2 aromatic heterocycles. The molecule has 3 aliphatic heterocycles. The number of pyridine rings is 1. The minimum atomic E-state index is -1.29. The highest BCUT2D eigenvalue weighted by molar-refractivity contribution is 5.81. The topological polar surface area (TPSA) is 89.1 Å². The normalized spacial score (nSPS) is 26.9. The van der Waals surface area contributed by atoms with Crippen molar-refractivity contribution in [2.24, 2.45) is 0 Å². The van der Waals surface area contributed by atoms with Crippen LogP contribution in [-0.4, -0.2) is 79.0 Å². The van der Waals surface area contributed by atoms with Crippen molar-refractivity contribution in [1.82, 2.24) is 9.97 Å². The van der Waals surface area contributed by atoms with Crippen molar-refractivity contribution in [3.05, 3.63) is 41.7 Å². The Morgan fingerprint density at radius 1 is 1.03 bits per heavy atom. The van der Waals surface area contributed by atoms with Crippen molar-refractivity contribution in [3.8, 4) is 17.1 Å². The van der Waals surface area contributed by atoms with Crippen LogP contribution >= 0.6 is 0 Å². The zero-order chi connectivity index (χ0) is 23.4. The predicted octanol–water partition coefficient (Wildman–Crippen LogP) is 2.39. The fraction of sp³-hybridized carbons (Fsp3) is 0.435. The zero-order valence-corrected chi connectivity index (χ0v) is 18.0. The molecule has 1 unspecified atom stereocenters. The Labute approximate surface area is 192 Å². The van der Waals surface area contributed by atoms with Crippen LogP contribution in [0.1, 0.15) is 0 Å². The summed E-state index contributed by atoms with van der Waals surface area (Å²) in [5, 5.41) is 9.87. The highest BCUT2D eigenvalue weighted by Gasteiger charge is 2.48. The number of hydrogen-bond donors (Lipinski definition) is 2. The highest BCUT2D eigenvalue weighted by atomic mass is 19.2. The molecular formula is C23H22F3N3O5. The second kappa shape index (κ2) is 8.42. The lowest BCUT2D eigenvalue weighted by Crippen LogP contribution is -2.37. The van der Waals surface area contributed by atoms with E-state index in [1.54, 1.807) is 17.0 Å². The van der Waals surface area contributed by atoms with E-state index in [0.717, 1.165) is 6.07 Å². The molecule has 0 amide bonds. The van der Waals surface area contributed by atoms with E-state index in [1.807, 2.05) is 0 Å². The molecule has 3 aromatic rings. The maximum atomic E-state index is 15.0. The standard InChI is InChI=1S/C23H22F3N3O5/c24-11-7-15(29-3-5-31-6-4-29)20(25)21(26)19(11)13-2-1-12-14(27-13)8-18(28-12)34-17-10-33-22-16(30)9-32-23(17)22/h1-2,7-8,16-17,22-23,28,30H,3-6,9-10H2/t16-,17-,22?,23-/m1/s1. The summed E-state index contributed by atoms with van der Waals surface area (Å²) in [5.41, 5.74) is 0.281. The summed E-state index contributed by atoms with van der Waals surface area (Å²) in [6.07, 6.45) is -1.93. The quantitative estimate of drug-likeness (QED) is 0.558. The molecule has 34 heavy (non-hydrogen) atoms. The Balaban J connectivity index is 1.28. The van der Waals surface area contributed by atoms with Gasteiger partial charge in [-0.25, -0.2) is 18.2 Å². The average Bonchev–Trinajstić information content (AvgIpc) is 3.53. The van der Waals surface area contributed by atoms with E-state index in [2.05, 4.69) is 9.97 Å². The summed E-state index contributed by atoms with van der Waals surface area (Å²) in [4.78, 5) is 8.94. The van der Waals surface area contributed by atoms with Gasteiger partial charge in [0.2, 0.25) is 0 Å². The number of aliphatic hydroxyl groups excluding tert-OH is 1. The van der Waals surface area contributed by atoms with Gasteiger partial charge in [-0.1, -0.05) is 0 Å². The minimum absolute atomic E-state index is 0.0352. The Hall–Kier alpha value is -2.86. The summed E-state index contributed by atoms with van der Waals surface area (Å²) in [6.45, 7) is 1.87. The molecule has 8 nitrogen and oxygen atoms in total. The number of anilines is 1. The molecule has 2 N–H and O–H groups in total. The number of H-pyrrole nitrogens is 1. The van der Waals surface area contributed by atoms with Crippen molar-refractivity contribution in [3.63, 3.8) is 0 Å². The molecule has 0 saturated carbocycles. The molecule has 4 atom stereocenters. The van der Waals surface area contributed by atoms with Crippen LogP contribution in [0.2, 0.25) is 0 Å². The molecule has 0 aliphatic carbocycles. The average molecular weight is 477 g/mol. The van der Waals surface area contributed by atoms with Gasteiger partial charge >= 0.3 is 0 Å². The molecule has 6 rings (SSSR count). The SMILES string of the molecule is O[C@@H]1CO[C@H]2C1OC[C@H]2Oc1cc2nc(-c3c(F)cc(N4CCOCC4)c(F)c3F)ccc2[nH]1. The predicted molar refractivity (Wildman–Crippen MR) is 114 cm³/mol. The maximum Gasteiger partial charge on any atom is 0.193 e. The number of nitrogens with zero attached hydrogens (tertiary/aromatic N) is 2. The van der Waals surface area contributed by atoms with Crippen molar-refractivity contribution in [2.75, 3.05) is 44.4 Å². The van der Waals surface area contributed by atoms with Gasteiger partial charge in [-0.15, -0.1) is 0 Å². The Bertz CT molecular complexity index is 1230. The Morgan fingerprint density at radius 2 is 1.82 bits per heavy atom. The highest BCUT2D eigenvalue weighted by Crippen LogP contribution is 2.35. The van der Waals surface area contributed by atoms with Crippen LogP contribution < -0.4 is 9.64 Å². The van der Waals surface area contributed by atoms with Gasteiger partial charge < -0.3 is 33.9 Å². The van der Waals surface area contributed by atoms with Crippen LogP contribution in [0.4, 0.5) is 18.9 Å². The molecule has 0 spiro atoms. The van der Waals surface area contributed by atoms with E-state index < -0.39 is 41.3 Å². The van der Waals surface area contributed by atoms with E-state index >= 15 is 4.39 Å². The van der Waals surface area contributed by atoms with Crippen LogP contribution in [0.25, 0.3) is 22.3 Å². The van der Waals surface area contributed by atoms with E-state index in [9.17, 15) is 13.9 Å². The maximum absolute atomic E-state index is 15.0. The molecule has 3 fully saturated rings. The Morgan fingerprint density at radius 3 is 2.65 bits per heavy atom. The van der Waals surface area contributed by atoms with Gasteiger partial charge in [0.1, 0.15) is 24.1 Å². The van der Waals surface area contributed by atoms with Gasteiger partial charge in [0.15, 0.2) is 23.6 Å². The number of benzene rings is 1. The second-order valence-corrected chi connectivity index (χ2v) is 8.56. The van der Waals surface area contributed by atoms with Crippen LogP contribution in [-0.2, 0) is 14.2 Å².